The summed E-state index contributed by atoms with van der Waals surface area (Å²) in [6, 6.07) is 17.0. The molecule has 0 aliphatic carbocycles. The standard InChI is InChI=1S/C20H17IN2O3/c1-12-3-10-18(26-12)19-22-17-9-4-13(21)11-16(17)20(24)23(19)14-5-7-15(25-2)8-6-14/h3-11,19,22H,1-2H3/t19-/m0/s1. The number of carbonyl (C=O) groups excluding carboxylic acids is 1. The maximum absolute atomic E-state index is 13.3. The number of furan rings is 1. The lowest BCUT2D eigenvalue weighted by Crippen LogP contribution is -2.43. The summed E-state index contributed by atoms with van der Waals surface area (Å²) in [6.45, 7) is 1.89. The highest BCUT2D eigenvalue weighted by molar-refractivity contribution is 14.1. The zero-order valence-electron chi connectivity index (χ0n) is 14.3. The Morgan fingerprint density at radius 1 is 1.12 bits per heavy atom. The number of anilines is 2. The van der Waals surface area contributed by atoms with Crippen molar-refractivity contribution in [1.82, 2.24) is 0 Å². The van der Waals surface area contributed by atoms with E-state index in [-0.39, 0.29) is 5.91 Å². The van der Waals surface area contributed by atoms with Gasteiger partial charge in [-0.3, -0.25) is 9.69 Å². The van der Waals surface area contributed by atoms with Gasteiger partial charge in [0.1, 0.15) is 17.3 Å². The number of amides is 1. The summed E-state index contributed by atoms with van der Waals surface area (Å²) in [7, 11) is 1.62. The molecule has 132 valence electrons. The van der Waals surface area contributed by atoms with Gasteiger partial charge in [0, 0.05) is 14.9 Å². The molecule has 0 unspecified atom stereocenters. The summed E-state index contributed by atoms with van der Waals surface area (Å²) in [6.07, 6.45) is -0.419. The third-order valence-corrected chi connectivity index (χ3v) is 5.03. The first-order valence-electron chi connectivity index (χ1n) is 8.17. The fraction of sp³-hybridized carbons (Fsp3) is 0.150. The number of methoxy groups -OCH3 is 1. The second-order valence-electron chi connectivity index (χ2n) is 6.06. The van der Waals surface area contributed by atoms with Crippen molar-refractivity contribution in [2.45, 2.75) is 13.1 Å². The highest BCUT2D eigenvalue weighted by atomic mass is 127. The number of nitrogens with one attached hydrogen (secondary N) is 1. The number of hydrogen-bond acceptors (Lipinski definition) is 4. The van der Waals surface area contributed by atoms with Gasteiger partial charge in [-0.15, -0.1) is 0 Å². The van der Waals surface area contributed by atoms with Crippen LogP contribution in [0.1, 0.15) is 28.0 Å². The van der Waals surface area contributed by atoms with Gasteiger partial charge in [-0.25, -0.2) is 0 Å². The molecule has 0 spiro atoms. The Kier molecular flexibility index (Phi) is 4.36. The summed E-state index contributed by atoms with van der Waals surface area (Å²) in [5.74, 6) is 2.17. The fourth-order valence-corrected chi connectivity index (χ4v) is 3.58. The van der Waals surface area contributed by atoms with Gasteiger partial charge in [0.25, 0.3) is 5.91 Å². The fourth-order valence-electron chi connectivity index (χ4n) is 3.09. The number of ether oxygens (including phenoxy) is 1. The summed E-state index contributed by atoms with van der Waals surface area (Å²) < 4.78 is 12.1. The first-order chi connectivity index (χ1) is 12.6. The van der Waals surface area contributed by atoms with E-state index in [2.05, 4.69) is 27.9 Å². The Morgan fingerprint density at radius 2 is 1.88 bits per heavy atom. The van der Waals surface area contributed by atoms with Crippen molar-refractivity contribution in [2.75, 3.05) is 17.3 Å². The molecule has 5 nitrogen and oxygen atoms in total. The van der Waals surface area contributed by atoms with Crippen LogP contribution in [0, 0.1) is 10.5 Å². The predicted molar refractivity (Wildman–Crippen MR) is 109 cm³/mol. The molecule has 3 aromatic rings. The lowest BCUT2D eigenvalue weighted by Gasteiger charge is -2.36. The van der Waals surface area contributed by atoms with Crippen LogP contribution in [-0.4, -0.2) is 13.0 Å². The van der Waals surface area contributed by atoms with Crippen LogP contribution in [0.2, 0.25) is 0 Å². The van der Waals surface area contributed by atoms with E-state index in [4.69, 9.17) is 9.15 Å². The second kappa shape index (κ2) is 6.68. The minimum Gasteiger partial charge on any atom is -0.497 e. The van der Waals surface area contributed by atoms with E-state index in [1.807, 2.05) is 61.5 Å². The maximum atomic E-state index is 13.3. The number of rotatable bonds is 3. The number of aryl methyl sites for hydroxylation is 1. The molecule has 1 amide bonds. The quantitative estimate of drug-likeness (QED) is 0.561. The molecule has 0 radical (unpaired) electrons. The molecule has 1 aliphatic heterocycles. The van der Waals surface area contributed by atoms with Crippen molar-refractivity contribution in [3.8, 4) is 5.75 Å². The van der Waals surface area contributed by atoms with E-state index in [1.54, 1.807) is 12.0 Å². The minimum absolute atomic E-state index is 0.0681. The molecule has 0 saturated carbocycles. The molecule has 1 atom stereocenters. The van der Waals surface area contributed by atoms with Crippen molar-refractivity contribution in [3.63, 3.8) is 0 Å². The van der Waals surface area contributed by atoms with Crippen LogP contribution in [-0.2, 0) is 0 Å². The van der Waals surface area contributed by atoms with Gasteiger partial charge >= 0.3 is 0 Å². The molecule has 1 aromatic heterocycles. The number of nitrogens with zero attached hydrogens (tertiary/aromatic N) is 1. The average molecular weight is 460 g/mol. The Bertz CT molecular complexity index is 965. The predicted octanol–water partition coefficient (Wildman–Crippen LogP) is 4.97. The molecular weight excluding hydrogens is 443 g/mol. The van der Waals surface area contributed by atoms with Crippen LogP contribution >= 0.6 is 22.6 Å². The summed E-state index contributed by atoms with van der Waals surface area (Å²) in [4.78, 5) is 15.0. The topological polar surface area (TPSA) is 54.7 Å². The third kappa shape index (κ3) is 2.94. The molecule has 0 fully saturated rings. The van der Waals surface area contributed by atoms with E-state index in [1.165, 1.54) is 0 Å². The molecule has 1 aliphatic rings. The SMILES string of the molecule is COc1ccc(N2C(=O)c3cc(I)ccc3N[C@@H]2c2ccc(C)o2)cc1. The summed E-state index contributed by atoms with van der Waals surface area (Å²) in [5.41, 5.74) is 2.22. The lowest BCUT2D eigenvalue weighted by molar-refractivity contribution is 0.0971. The van der Waals surface area contributed by atoms with E-state index in [0.717, 1.165) is 26.5 Å². The van der Waals surface area contributed by atoms with Crippen LogP contribution < -0.4 is 15.0 Å². The number of hydrogen-bond donors (Lipinski definition) is 1. The molecule has 6 heteroatoms. The van der Waals surface area contributed by atoms with Crippen molar-refractivity contribution in [1.29, 1.82) is 0 Å². The Balaban J connectivity index is 1.84. The first-order valence-corrected chi connectivity index (χ1v) is 9.25. The molecule has 0 bridgehead atoms. The van der Waals surface area contributed by atoms with Crippen LogP contribution in [0.15, 0.2) is 59.0 Å². The Labute approximate surface area is 165 Å². The molecule has 26 heavy (non-hydrogen) atoms. The van der Waals surface area contributed by atoms with Crippen LogP contribution in [0.3, 0.4) is 0 Å². The highest BCUT2D eigenvalue weighted by Gasteiger charge is 2.35. The summed E-state index contributed by atoms with van der Waals surface area (Å²) in [5, 5.41) is 3.44. The number of carbonyl (C=O) groups is 1. The molecular formula is C20H17IN2O3. The van der Waals surface area contributed by atoms with E-state index >= 15 is 0 Å². The van der Waals surface area contributed by atoms with Crippen molar-refractivity contribution in [2.24, 2.45) is 0 Å². The van der Waals surface area contributed by atoms with Gasteiger partial charge in [0.15, 0.2) is 6.17 Å². The Morgan fingerprint density at radius 3 is 2.54 bits per heavy atom. The van der Waals surface area contributed by atoms with Gasteiger partial charge in [-0.1, -0.05) is 0 Å². The smallest absolute Gasteiger partial charge is 0.262 e. The van der Waals surface area contributed by atoms with Gasteiger partial charge < -0.3 is 14.5 Å². The Hall–Kier alpha value is -2.48. The number of fused-ring (bicyclic) bond motifs is 1. The first kappa shape index (κ1) is 17.0. The molecule has 1 N–H and O–H groups in total. The van der Waals surface area contributed by atoms with Crippen LogP contribution in [0.5, 0.6) is 5.75 Å². The van der Waals surface area contributed by atoms with Gasteiger partial charge in [-0.2, -0.15) is 0 Å². The van der Waals surface area contributed by atoms with E-state index in [9.17, 15) is 4.79 Å². The minimum atomic E-state index is -0.419. The maximum Gasteiger partial charge on any atom is 0.262 e. The van der Waals surface area contributed by atoms with Gasteiger partial charge in [-0.05, 0) is 84.1 Å². The zero-order valence-corrected chi connectivity index (χ0v) is 16.5. The molecule has 4 rings (SSSR count). The largest absolute Gasteiger partial charge is 0.497 e. The third-order valence-electron chi connectivity index (χ3n) is 4.36. The average Bonchev–Trinajstić information content (AvgIpc) is 3.08. The number of halogens is 1. The van der Waals surface area contributed by atoms with Crippen LogP contribution in [0.4, 0.5) is 11.4 Å². The van der Waals surface area contributed by atoms with Crippen molar-refractivity contribution < 1.29 is 13.9 Å². The van der Waals surface area contributed by atoms with E-state index < -0.39 is 6.17 Å². The van der Waals surface area contributed by atoms with Crippen LogP contribution in [0.25, 0.3) is 0 Å². The molecule has 2 aromatic carbocycles. The van der Waals surface area contributed by atoms with Gasteiger partial charge in [0.05, 0.1) is 12.7 Å². The lowest BCUT2D eigenvalue weighted by atomic mass is 10.1. The van der Waals surface area contributed by atoms with Crippen molar-refractivity contribution >= 4 is 39.9 Å². The molecule has 2 heterocycles. The van der Waals surface area contributed by atoms with Gasteiger partial charge in [0.2, 0.25) is 0 Å². The zero-order chi connectivity index (χ0) is 18.3. The van der Waals surface area contributed by atoms with E-state index in [0.29, 0.717) is 11.3 Å². The van der Waals surface area contributed by atoms with Crippen molar-refractivity contribution in [3.05, 3.63) is 75.3 Å². The second-order valence-corrected chi connectivity index (χ2v) is 7.30. The summed E-state index contributed by atoms with van der Waals surface area (Å²) >= 11 is 2.21. The normalized spacial score (nSPS) is 16.2. The highest BCUT2D eigenvalue weighted by Crippen LogP contribution is 2.38. The molecule has 0 saturated heterocycles. The number of benzene rings is 2. The monoisotopic (exact) mass is 460 g/mol.